The minimum Gasteiger partial charge on any atom is -0.354 e. The van der Waals surface area contributed by atoms with Crippen LogP contribution in [0.5, 0.6) is 0 Å². The number of rotatable bonds is 4. The van der Waals surface area contributed by atoms with Crippen LogP contribution < -0.4 is 11.1 Å². The van der Waals surface area contributed by atoms with Crippen molar-refractivity contribution < 1.29 is 4.79 Å². The Bertz CT molecular complexity index is 169. The highest BCUT2D eigenvalue weighted by molar-refractivity contribution is 7.99. The fourth-order valence-electron chi connectivity index (χ4n) is 1.31. The monoisotopic (exact) mass is 202 g/mol. The van der Waals surface area contributed by atoms with Gasteiger partial charge < -0.3 is 11.1 Å². The summed E-state index contributed by atoms with van der Waals surface area (Å²) in [5, 5.41) is 2.90. The Morgan fingerprint density at radius 1 is 1.77 bits per heavy atom. The molecule has 0 radical (unpaired) electrons. The van der Waals surface area contributed by atoms with Gasteiger partial charge in [0.1, 0.15) is 0 Å². The number of carbonyl (C=O) groups is 1. The first kappa shape index (κ1) is 10.9. The second kappa shape index (κ2) is 5.50. The Balaban J connectivity index is 2.13. The van der Waals surface area contributed by atoms with Gasteiger partial charge in [0, 0.05) is 6.54 Å². The van der Waals surface area contributed by atoms with Crippen LogP contribution in [0.25, 0.3) is 0 Å². The van der Waals surface area contributed by atoms with E-state index in [4.69, 9.17) is 5.73 Å². The molecule has 0 bridgehead atoms. The maximum atomic E-state index is 11.3. The van der Waals surface area contributed by atoms with Crippen LogP contribution in [0.4, 0.5) is 0 Å². The van der Waals surface area contributed by atoms with E-state index in [1.165, 1.54) is 17.9 Å². The van der Waals surface area contributed by atoms with Gasteiger partial charge in [-0.05, 0) is 30.3 Å². The number of amides is 1. The molecule has 76 valence electrons. The average Bonchev–Trinajstić information content (AvgIpc) is 2.65. The molecule has 13 heavy (non-hydrogen) atoms. The summed E-state index contributed by atoms with van der Waals surface area (Å²) in [6, 6.07) is -0.325. The van der Waals surface area contributed by atoms with Gasteiger partial charge in [-0.15, -0.1) is 0 Å². The topological polar surface area (TPSA) is 55.1 Å². The molecule has 1 aliphatic heterocycles. The minimum atomic E-state index is -0.325. The number of nitrogens with two attached hydrogens (primary N) is 1. The quantitative estimate of drug-likeness (QED) is 0.701. The van der Waals surface area contributed by atoms with Crippen LogP contribution >= 0.6 is 11.8 Å². The Labute approximate surface area is 83.8 Å². The molecule has 0 aromatic rings. The van der Waals surface area contributed by atoms with E-state index in [0.29, 0.717) is 12.3 Å². The van der Waals surface area contributed by atoms with Crippen molar-refractivity contribution in [3.63, 3.8) is 0 Å². The summed E-state index contributed by atoms with van der Waals surface area (Å²) < 4.78 is 0. The van der Waals surface area contributed by atoms with E-state index in [9.17, 15) is 4.79 Å². The standard InChI is InChI=1S/C9H18N2OS/c1-2-8(10)9(12)11-5-7-3-4-13-6-7/h7-8H,2-6,10H2,1H3,(H,11,12)/t7?,8-/m1/s1. The summed E-state index contributed by atoms with van der Waals surface area (Å²) in [5.41, 5.74) is 5.58. The van der Waals surface area contributed by atoms with E-state index in [1.54, 1.807) is 0 Å². The van der Waals surface area contributed by atoms with Gasteiger partial charge in [-0.1, -0.05) is 6.92 Å². The normalized spacial score (nSPS) is 24.3. The lowest BCUT2D eigenvalue weighted by atomic mass is 10.1. The van der Waals surface area contributed by atoms with Crippen molar-refractivity contribution in [1.82, 2.24) is 5.32 Å². The fourth-order valence-corrected chi connectivity index (χ4v) is 2.59. The Kier molecular flexibility index (Phi) is 4.59. The van der Waals surface area contributed by atoms with Crippen molar-refractivity contribution in [2.45, 2.75) is 25.8 Å². The first-order chi connectivity index (χ1) is 6.24. The van der Waals surface area contributed by atoms with Crippen molar-refractivity contribution in [2.24, 2.45) is 11.7 Å². The molecule has 4 heteroatoms. The van der Waals surface area contributed by atoms with Gasteiger partial charge in [0.15, 0.2) is 0 Å². The molecule has 0 aliphatic carbocycles. The summed E-state index contributed by atoms with van der Waals surface area (Å²) in [7, 11) is 0. The predicted molar refractivity (Wildman–Crippen MR) is 56.7 cm³/mol. The number of hydrogen-bond acceptors (Lipinski definition) is 3. The third-order valence-electron chi connectivity index (χ3n) is 2.37. The van der Waals surface area contributed by atoms with Gasteiger partial charge in [0.25, 0.3) is 0 Å². The van der Waals surface area contributed by atoms with E-state index in [-0.39, 0.29) is 11.9 Å². The molecule has 1 rings (SSSR count). The van der Waals surface area contributed by atoms with E-state index in [1.807, 2.05) is 18.7 Å². The van der Waals surface area contributed by atoms with Gasteiger partial charge in [0.05, 0.1) is 6.04 Å². The second-order valence-corrected chi connectivity index (χ2v) is 4.64. The van der Waals surface area contributed by atoms with Crippen molar-refractivity contribution in [2.75, 3.05) is 18.1 Å². The zero-order valence-corrected chi connectivity index (χ0v) is 8.90. The molecule has 1 amide bonds. The molecule has 1 saturated heterocycles. The lowest BCUT2D eigenvalue weighted by Crippen LogP contribution is -2.42. The van der Waals surface area contributed by atoms with E-state index >= 15 is 0 Å². The summed E-state index contributed by atoms with van der Waals surface area (Å²) in [6.45, 7) is 2.73. The summed E-state index contributed by atoms with van der Waals surface area (Å²) in [5.74, 6) is 3.08. The highest BCUT2D eigenvalue weighted by Crippen LogP contribution is 2.22. The van der Waals surface area contributed by atoms with E-state index in [0.717, 1.165) is 6.54 Å². The molecule has 1 aliphatic rings. The molecule has 0 saturated carbocycles. The van der Waals surface area contributed by atoms with Crippen LogP contribution in [0.15, 0.2) is 0 Å². The Hall–Kier alpha value is -0.220. The number of thioether (sulfide) groups is 1. The first-order valence-electron chi connectivity index (χ1n) is 4.85. The Morgan fingerprint density at radius 3 is 3.08 bits per heavy atom. The van der Waals surface area contributed by atoms with Gasteiger partial charge >= 0.3 is 0 Å². The van der Waals surface area contributed by atoms with Gasteiger partial charge in [0.2, 0.25) is 5.91 Å². The number of carbonyl (C=O) groups excluding carboxylic acids is 1. The number of nitrogens with one attached hydrogen (secondary N) is 1. The molecule has 1 fully saturated rings. The summed E-state index contributed by atoms with van der Waals surface area (Å²) in [4.78, 5) is 11.3. The third kappa shape index (κ3) is 3.56. The highest BCUT2D eigenvalue weighted by atomic mass is 32.2. The molecule has 1 unspecified atom stereocenters. The van der Waals surface area contributed by atoms with Crippen LogP contribution in [0, 0.1) is 5.92 Å². The van der Waals surface area contributed by atoms with Crippen LogP contribution in [0.2, 0.25) is 0 Å². The maximum absolute atomic E-state index is 11.3. The average molecular weight is 202 g/mol. The summed E-state index contributed by atoms with van der Waals surface area (Å²) in [6.07, 6.45) is 1.94. The lowest BCUT2D eigenvalue weighted by molar-refractivity contribution is -0.122. The lowest BCUT2D eigenvalue weighted by Gasteiger charge is -2.12. The molecular formula is C9H18N2OS. The van der Waals surface area contributed by atoms with Crippen LogP contribution in [-0.4, -0.2) is 30.0 Å². The molecule has 0 aromatic carbocycles. The van der Waals surface area contributed by atoms with E-state index in [2.05, 4.69) is 5.32 Å². The molecule has 0 spiro atoms. The molecule has 3 N–H and O–H groups in total. The van der Waals surface area contributed by atoms with Crippen molar-refractivity contribution in [1.29, 1.82) is 0 Å². The van der Waals surface area contributed by atoms with E-state index < -0.39 is 0 Å². The first-order valence-corrected chi connectivity index (χ1v) is 6.00. The zero-order valence-electron chi connectivity index (χ0n) is 8.08. The highest BCUT2D eigenvalue weighted by Gasteiger charge is 2.17. The van der Waals surface area contributed by atoms with Crippen LogP contribution in [0.3, 0.4) is 0 Å². The molecule has 0 aromatic heterocycles. The molecule has 3 nitrogen and oxygen atoms in total. The van der Waals surface area contributed by atoms with Crippen molar-refractivity contribution in [3.8, 4) is 0 Å². The molecule has 2 atom stereocenters. The SMILES string of the molecule is CC[C@@H](N)C(=O)NCC1CCSC1. The van der Waals surface area contributed by atoms with Crippen molar-refractivity contribution >= 4 is 17.7 Å². The second-order valence-electron chi connectivity index (χ2n) is 3.49. The van der Waals surface area contributed by atoms with Crippen LogP contribution in [0.1, 0.15) is 19.8 Å². The van der Waals surface area contributed by atoms with Gasteiger partial charge in [-0.2, -0.15) is 11.8 Å². The summed E-state index contributed by atoms with van der Waals surface area (Å²) >= 11 is 1.97. The maximum Gasteiger partial charge on any atom is 0.236 e. The number of hydrogen-bond donors (Lipinski definition) is 2. The molecule has 1 heterocycles. The fraction of sp³-hybridized carbons (Fsp3) is 0.889. The zero-order chi connectivity index (χ0) is 9.68. The van der Waals surface area contributed by atoms with Gasteiger partial charge in [-0.3, -0.25) is 4.79 Å². The van der Waals surface area contributed by atoms with Crippen LogP contribution in [-0.2, 0) is 4.79 Å². The minimum absolute atomic E-state index is 0.000556. The smallest absolute Gasteiger partial charge is 0.236 e. The van der Waals surface area contributed by atoms with Crippen molar-refractivity contribution in [3.05, 3.63) is 0 Å². The Morgan fingerprint density at radius 2 is 2.54 bits per heavy atom. The predicted octanol–water partition coefficient (Wildman–Crippen LogP) is 0.593. The third-order valence-corrected chi connectivity index (χ3v) is 3.60. The van der Waals surface area contributed by atoms with Gasteiger partial charge in [-0.25, -0.2) is 0 Å². The molecular weight excluding hydrogens is 184 g/mol. The largest absolute Gasteiger partial charge is 0.354 e.